The van der Waals surface area contributed by atoms with Crippen molar-refractivity contribution in [2.75, 3.05) is 18.9 Å². The quantitative estimate of drug-likeness (QED) is 0.301. The number of furan rings is 1. The van der Waals surface area contributed by atoms with Gasteiger partial charge in [0.15, 0.2) is 23.5 Å². The molecule has 0 saturated carbocycles. The van der Waals surface area contributed by atoms with E-state index in [1.165, 1.54) is 30.4 Å². The van der Waals surface area contributed by atoms with Crippen LogP contribution in [0.25, 0.3) is 28.4 Å². The number of phosphoric acid groups is 1. The zero-order chi connectivity index (χ0) is 26.5. The van der Waals surface area contributed by atoms with Gasteiger partial charge in [-0.1, -0.05) is 0 Å². The number of nitrogens with zero attached hydrogens (tertiary/aromatic N) is 5. The van der Waals surface area contributed by atoms with E-state index in [9.17, 15) is 14.8 Å². The molecule has 1 unspecified atom stereocenters. The average molecular weight is 542 g/mol. The molecule has 6 heterocycles. The van der Waals surface area contributed by atoms with Crippen LogP contribution in [0, 0.1) is 0 Å². The summed E-state index contributed by atoms with van der Waals surface area (Å²) >= 11 is 0. The number of rotatable bonds is 6. The number of aromatic nitrogens is 5. The molecular weight excluding hydrogens is 519 g/mol. The third-order valence-corrected chi connectivity index (χ3v) is 7.67. The number of pyridine rings is 1. The Balaban J connectivity index is 1.17. The summed E-state index contributed by atoms with van der Waals surface area (Å²) in [5.41, 5.74) is 5.85. The SMILES string of the molecule is C[C@@]1(O)[C@H](O)[C@@H](COP2(=O)OCC=C(c3ccnc(-c4ccco4)c3)O2)O[C@H]1n1cnc2c(N)ncnc21. The van der Waals surface area contributed by atoms with Gasteiger partial charge in [-0.3, -0.25) is 18.6 Å². The number of hydrogen-bond acceptors (Lipinski definition) is 13. The molecule has 15 heteroatoms. The van der Waals surface area contributed by atoms with E-state index in [4.69, 9.17) is 28.5 Å². The summed E-state index contributed by atoms with van der Waals surface area (Å²) < 4.78 is 42.5. The summed E-state index contributed by atoms with van der Waals surface area (Å²) in [7, 11) is -4.10. The maximum Gasteiger partial charge on any atom is 0.530 e. The van der Waals surface area contributed by atoms with Crippen molar-refractivity contribution in [1.29, 1.82) is 0 Å². The number of imidazole rings is 1. The molecule has 198 valence electrons. The third-order valence-electron chi connectivity index (χ3n) is 6.32. The molecule has 6 rings (SSSR count). The molecule has 4 aromatic rings. The monoisotopic (exact) mass is 542 g/mol. The summed E-state index contributed by atoms with van der Waals surface area (Å²) in [5.74, 6) is 0.994. The Labute approximate surface area is 215 Å². The smallest absolute Gasteiger partial charge is 0.463 e. The number of aliphatic hydroxyl groups is 2. The fourth-order valence-electron chi connectivity index (χ4n) is 4.35. The minimum Gasteiger partial charge on any atom is -0.463 e. The highest BCUT2D eigenvalue weighted by Gasteiger charge is 2.54. The van der Waals surface area contributed by atoms with Gasteiger partial charge in [0.1, 0.15) is 41.1 Å². The first-order valence-electron chi connectivity index (χ1n) is 11.5. The second-order valence-electron chi connectivity index (χ2n) is 8.89. The number of ether oxygens (including phenoxy) is 1. The molecule has 0 spiro atoms. The molecule has 0 radical (unpaired) electrons. The van der Waals surface area contributed by atoms with Gasteiger partial charge in [-0.15, -0.1) is 0 Å². The van der Waals surface area contributed by atoms with Gasteiger partial charge in [0.2, 0.25) is 0 Å². The Bertz CT molecular complexity index is 1550. The summed E-state index contributed by atoms with van der Waals surface area (Å²) in [6.45, 7) is 0.951. The van der Waals surface area contributed by atoms with Crippen LogP contribution >= 0.6 is 7.82 Å². The van der Waals surface area contributed by atoms with Crippen LogP contribution in [0.1, 0.15) is 18.7 Å². The molecule has 0 amide bonds. The average Bonchev–Trinajstić information content (AvgIpc) is 3.64. The van der Waals surface area contributed by atoms with E-state index >= 15 is 0 Å². The van der Waals surface area contributed by atoms with Crippen LogP contribution in [-0.4, -0.2) is 65.7 Å². The standard InChI is InChI=1S/C23H23N6O8P/c1-23(31)19(30)17(36-22(23)29-12-28-18-20(24)26-11-27-21(18)29)10-35-38(32)34-8-5-15(37-38)13-4-6-25-14(9-13)16-3-2-7-33-16/h2-7,9,11-12,17,19,22,30-31H,8,10H2,1H3,(H2,24,26,27)/t17-,19-,22-,23-,38?/m1/s1. The summed E-state index contributed by atoms with van der Waals surface area (Å²) in [6.07, 6.45) is 3.73. The second kappa shape index (κ2) is 9.27. The Morgan fingerprint density at radius 1 is 1.29 bits per heavy atom. The molecule has 4 aromatic heterocycles. The van der Waals surface area contributed by atoms with E-state index in [2.05, 4.69) is 19.9 Å². The number of fused-ring (bicyclic) bond motifs is 1. The van der Waals surface area contributed by atoms with Crippen molar-refractivity contribution in [3.8, 4) is 11.5 Å². The third kappa shape index (κ3) is 4.26. The van der Waals surface area contributed by atoms with E-state index in [0.29, 0.717) is 28.2 Å². The van der Waals surface area contributed by atoms with Crippen LogP contribution in [0.4, 0.5) is 5.82 Å². The molecule has 2 aliphatic heterocycles. The molecule has 5 atom stereocenters. The molecular formula is C23H23N6O8P. The first kappa shape index (κ1) is 24.7. The van der Waals surface area contributed by atoms with E-state index in [1.54, 1.807) is 36.5 Å². The first-order chi connectivity index (χ1) is 18.2. The topological polar surface area (TPSA) is 190 Å². The highest BCUT2D eigenvalue weighted by Crippen LogP contribution is 2.56. The number of aliphatic hydroxyl groups excluding tert-OH is 1. The lowest BCUT2D eigenvalue weighted by Crippen LogP contribution is -2.44. The fourth-order valence-corrected chi connectivity index (χ4v) is 5.54. The number of nitrogen functional groups attached to an aromatic ring is 1. The lowest BCUT2D eigenvalue weighted by Gasteiger charge is -2.27. The Morgan fingerprint density at radius 3 is 2.97 bits per heavy atom. The van der Waals surface area contributed by atoms with Gasteiger partial charge in [0.05, 0.1) is 25.8 Å². The summed E-state index contributed by atoms with van der Waals surface area (Å²) in [4.78, 5) is 16.5. The van der Waals surface area contributed by atoms with Gasteiger partial charge < -0.3 is 29.6 Å². The van der Waals surface area contributed by atoms with Crippen LogP contribution in [0.5, 0.6) is 0 Å². The Hall–Kier alpha value is -3.65. The van der Waals surface area contributed by atoms with Crippen molar-refractivity contribution in [3.05, 3.63) is 61.0 Å². The number of nitrogens with two attached hydrogens (primary N) is 1. The van der Waals surface area contributed by atoms with Crippen LogP contribution in [0.15, 0.2) is 59.9 Å². The number of anilines is 1. The second-order valence-corrected chi connectivity index (χ2v) is 10.5. The van der Waals surface area contributed by atoms with Gasteiger partial charge in [0.25, 0.3) is 0 Å². The van der Waals surface area contributed by atoms with Gasteiger partial charge in [0, 0.05) is 11.8 Å². The van der Waals surface area contributed by atoms with Crippen molar-refractivity contribution in [1.82, 2.24) is 24.5 Å². The maximum absolute atomic E-state index is 13.3. The van der Waals surface area contributed by atoms with E-state index in [-0.39, 0.29) is 18.2 Å². The predicted molar refractivity (Wildman–Crippen MR) is 131 cm³/mol. The number of phosphoric ester groups is 1. The zero-order valence-corrected chi connectivity index (χ0v) is 20.8. The van der Waals surface area contributed by atoms with Gasteiger partial charge in [-0.2, -0.15) is 0 Å². The Morgan fingerprint density at radius 2 is 2.16 bits per heavy atom. The summed E-state index contributed by atoms with van der Waals surface area (Å²) in [5, 5.41) is 21.9. The van der Waals surface area contributed by atoms with Crippen molar-refractivity contribution >= 4 is 30.6 Å². The van der Waals surface area contributed by atoms with Gasteiger partial charge in [-0.25, -0.2) is 19.5 Å². The zero-order valence-electron chi connectivity index (χ0n) is 19.9. The van der Waals surface area contributed by atoms with Crippen molar-refractivity contribution in [2.45, 2.75) is 31.0 Å². The molecule has 14 nitrogen and oxygen atoms in total. The largest absolute Gasteiger partial charge is 0.530 e. The van der Waals surface area contributed by atoms with Gasteiger partial charge in [-0.05, 0) is 37.3 Å². The van der Waals surface area contributed by atoms with Crippen LogP contribution in [-0.2, 0) is 22.9 Å². The molecule has 1 saturated heterocycles. The van der Waals surface area contributed by atoms with Crippen molar-refractivity contribution in [2.24, 2.45) is 0 Å². The first-order valence-corrected chi connectivity index (χ1v) is 13.0. The molecule has 2 aliphatic rings. The highest BCUT2D eigenvalue weighted by molar-refractivity contribution is 7.48. The van der Waals surface area contributed by atoms with Crippen LogP contribution in [0.3, 0.4) is 0 Å². The summed E-state index contributed by atoms with van der Waals surface area (Å²) in [6, 6.07) is 6.92. The lowest BCUT2D eigenvalue weighted by molar-refractivity contribution is -0.0950. The van der Waals surface area contributed by atoms with E-state index in [1.807, 2.05) is 0 Å². The molecule has 4 N–H and O–H groups in total. The molecule has 1 fully saturated rings. The maximum atomic E-state index is 13.3. The Kier molecular flexibility index (Phi) is 6.02. The van der Waals surface area contributed by atoms with Crippen LogP contribution < -0.4 is 5.73 Å². The van der Waals surface area contributed by atoms with Crippen molar-refractivity contribution < 1.29 is 37.5 Å². The molecule has 0 bridgehead atoms. The normalized spacial score (nSPS) is 29.3. The predicted octanol–water partition coefficient (Wildman–Crippen LogP) is 2.29. The number of hydrogen-bond donors (Lipinski definition) is 3. The molecule has 0 aliphatic carbocycles. The molecule has 0 aromatic carbocycles. The minimum absolute atomic E-state index is 0.0401. The fraction of sp³-hybridized carbons (Fsp3) is 0.304. The van der Waals surface area contributed by atoms with Crippen molar-refractivity contribution in [3.63, 3.8) is 0 Å². The minimum atomic E-state index is -4.10. The molecule has 38 heavy (non-hydrogen) atoms. The highest BCUT2D eigenvalue weighted by atomic mass is 31.2. The van der Waals surface area contributed by atoms with E-state index in [0.717, 1.165) is 0 Å². The van der Waals surface area contributed by atoms with Crippen LogP contribution in [0.2, 0.25) is 0 Å². The van der Waals surface area contributed by atoms with Gasteiger partial charge >= 0.3 is 7.82 Å². The lowest BCUT2D eigenvalue weighted by atomic mass is 9.96. The van der Waals surface area contributed by atoms with E-state index < -0.39 is 38.5 Å².